The normalized spacial score (nSPS) is 14.2. The van der Waals surface area contributed by atoms with Crippen LogP contribution in [0.15, 0.2) is 48.5 Å². The van der Waals surface area contributed by atoms with Gasteiger partial charge in [-0.3, -0.25) is 4.79 Å². The molecule has 0 fully saturated rings. The van der Waals surface area contributed by atoms with Gasteiger partial charge in [0, 0.05) is 18.7 Å². The third kappa shape index (κ3) is 2.66. The Labute approximate surface area is 124 Å². The van der Waals surface area contributed by atoms with Gasteiger partial charge in [0.1, 0.15) is 0 Å². The van der Waals surface area contributed by atoms with Crippen LogP contribution in [0, 0.1) is 11.3 Å². The van der Waals surface area contributed by atoms with Crippen molar-refractivity contribution in [3.05, 3.63) is 70.8 Å². The molecule has 1 aliphatic heterocycles. The molecule has 1 aliphatic rings. The molecule has 0 aliphatic carbocycles. The molecule has 0 saturated heterocycles. The highest BCUT2D eigenvalue weighted by molar-refractivity contribution is 5.96. The molecule has 0 N–H and O–H groups in total. The minimum Gasteiger partial charge on any atom is -0.334 e. The van der Waals surface area contributed by atoms with Crippen molar-refractivity contribution in [2.24, 2.45) is 0 Å². The summed E-state index contributed by atoms with van der Waals surface area (Å²) < 4.78 is 0. The molecule has 0 saturated carbocycles. The van der Waals surface area contributed by atoms with Gasteiger partial charge in [-0.15, -0.1) is 0 Å². The lowest BCUT2D eigenvalue weighted by molar-refractivity contribution is 0.0748. The number of benzene rings is 2. The smallest absolute Gasteiger partial charge is 0.254 e. The molecule has 1 amide bonds. The molecule has 3 heteroatoms. The maximum atomic E-state index is 12.7. The molecule has 0 radical (unpaired) electrons. The van der Waals surface area contributed by atoms with Gasteiger partial charge in [0.05, 0.1) is 11.6 Å². The molecule has 0 bridgehead atoms. The lowest BCUT2D eigenvalue weighted by Gasteiger charge is -2.21. The maximum absolute atomic E-state index is 12.7. The molecule has 0 aromatic heterocycles. The second-order valence-corrected chi connectivity index (χ2v) is 5.26. The number of hydrogen-bond acceptors (Lipinski definition) is 2. The topological polar surface area (TPSA) is 44.1 Å². The number of aryl methyl sites for hydroxylation is 1. The Hall–Kier alpha value is -2.60. The van der Waals surface area contributed by atoms with Gasteiger partial charge in [-0.1, -0.05) is 36.4 Å². The summed E-state index contributed by atoms with van der Waals surface area (Å²) in [7, 11) is 0. The van der Waals surface area contributed by atoms with Crippen LogP contribution in [0.4, 0.5) is 0 Å². The number of carbonyl (C=O) groups excluding carboxylic acids is 1. The van der Waals surface area contributed by atoms with E-state index in [-0.39, 0.29) is 5.91 Å². The number of amides is 1. The molecule has 0 atom stereocenters. The van der Waals surface area contributed by atoms with E-state index < -0.39 is 0 Å². The summed E-state index contributed by atoms with van der Waals surface area (Å²) in [5.41, 5.74) is 3.47. The Bertz CT molecular complexity index is 715. The van der Waals surface area contributed by atoms with E-state index in [2.05, 4.69) is 6.07 Å². The SMILES string of the molecule is N#Cc1ccccc1CN1CCCc2ccccc2C1=O. The lowest BCUT2D eigenvalue weighted by atomic mass is 10.0. The van der Waals surface area contributed by atoms with Gasteiger partial charge in [0.25, 0.3) is 5.91 Å². The Morgan fingerprint density at radius 2 is 1.86 bits per heavy atom. The van der Waals surface area contributed by atoms with E-state index in [1.54, 1.807) is 6.07 Å². The fourth-order valence-electron chi connectivity index (χ4n) is 2.80. The predicted octanol–water partition coefficient (Wildman–Crippen LogP) is 3.15. The molecular formula is C18H16N2O. The lowest BCUT2D eigenvalue weighted by Crippen LogP contribution is -2.30. The summed E-state index contributed by atoms with van der Waals surface area (Å²) in [6.45, 7) is 1.23. The minimum atomic E-state index is 0.0656. The number of nitriles is 1. The van der Waals surface area contributed by atoms with E-state index in [0.717, 1.165) is 36.1 Å². The van der Waals surface area contributed by atoms with Gasteiger partial charge in [-0.2, -0.15) is 5.26 Å². The average Bonchev–Trinajstić information content (AvgIpc) is 2.68. The van der Waals surface area contributed by atoms with Crippen molar-refractivity contribution in [2.75, 3.05) is 6.54 Å². The van der Waals surface area contributed by atoms with Crippen LogP contribution < -0.4 is 0 Å². The third-order valence-corrected chi connectivity index (χ3v) is 3.91. The summed E-state index contributed by atoms with van der Waals surface area (Å²) in [5.74, 6) is 0.0656. The molecule has 2 aromatic carbocycles. The zero-order valence-electron chi connectivity index (χ0n) is 11.7. The molecule has 3 rings (SSSR count). The summed E-state index contributed by atoms with van der Waals surface area (Å²) in [6.07, 6.45) is 1.88. The maximum Gasteiger partial charge on any atom is 0.254 e. The molecule has 21 heavy (non-hydrogen) atoms. The van der Waals surface area contributed by atoms with Crippen LogP contribution in [0.1, 0.15) is 33.5 Å². The third-order valence-electron chi connectivity index (χ3n) is 3.91. The molecule has 1 heterocycles. The molecule has 2 aromatic rings. The average molecular weight is 276 g/mol. The van der Waals surface area contributed by atoms with Crippen molar-refractivity contribution in [2.45, 2.75) is 19.4 Å². The standard InChI is InChI=1S/C18H16N2O/c19-12-15-7-1-2-8-16(15)13-20-11-5-9-14-6-3-4-10-17(14)18(20)21/h1-4,6-8,10H,5,9,11,13H2. The zero-order valence-corrected chi connectivity index (χ0v) is 11.7. The van der Waals surface area contributed by atoms with Gasteiger partial charge in [0.15, 0.2) is 0 Å². The van der Waals surface area contributed by atoms with Gasteiger partial charge in [-0.25, -0.2) is 0 Å². The summed E-state index contributed by atoms with van der Waals surface area (Å²) in [4.78, 5) is 14.5. The monoisotopic (exact) mass is 276 g/mol. The Morgan fingerprint density at radius 1 is 1.10 bits per heavy atom. The van der Waals surface area contributed by atoms with Gasteiger partial charge < -0.3 is 4.90 Å². The van der Waals surface area contributed by atoms with E-state index in [0.29, 0.717) is 12.1 Å². The van der Waals surface area contributed by atoms with Crippen LogP contribution in [-0.4, -0.2) is 17.4 Å². The van der Waals surface area contributed by atoms with Crippen molar-refractivity contribution in [3.8, 4) is 6.07 Å². The van der Waals surface area contributed by atoms with Crippen LogP contribution in [0.2, 0.25) is 0 Å². The Morgan fingerprint density at radius 3 is 2.71 bits per heavy atom. The fourth-order valence-corrected chi connectivity index (χ4v) is 2.80. The van der Waals surface area contributed by atoms with Crippen molar-refractivity contribution < 1.29 is 4.79 Å². The Kier molecular flexibility index (Phi) is 3.70. The van der Waals surface area contributed by atoms with E-state index in [1.165, 1.54) is 0 Å². The van der Waals surface area contributed by atoms with Gasteiger partial charge in [-0.05, 0) is 36.1 Å². The largest absolute Gasteiger partial charge is 0.334 e. The van der Waals surface area contributed by atoms with E-state index in [9.17, 15) is 10.1 Å². The summed E-state index contributed by atoms with van der Waals surface area (Å²) in [6, 6.07) is 17.5. The van der Waals surface area contributed by atoms with Gasteiger partial charge in [0.2, 0.25) is 0 Å². The quantitative estimate of drug-likeness (QED) is 0.845. The van der Waals surface area contributed by atoms with E-state index in [4.69, 9.17) is 0 Å². The number of rotatable bonds is 2. The van der Waals surface area contributed by atoms with Crippen molar-refractivity contribution in [3.63, 3.8) is 0 Å². The highest BCUT2D eigenvalue weighted by Gasteiger charge is 2.22. The molecule has 104 valence electrons. The van der Waals surface area contributed by atoms with Crippen LogP contribution >= 0.6 is 0 Å². The minimum absolute atomic E-state index is 0.0656. The van der Waals surface area contributed by atoms with Crippen LogP contribution in [0.3, 0.4) is 0 Å². The van der Waals surface area contributed by atoms with E-state index in [1.807, 2.05) is 47.4 Å². The van der Waals surface area contributed by atoms with Crippen molar-refractivity contribution in [1.82, 2.24) is 4.90 Å². The molecule has 0 spiro atoms. The molecule has 0 unspecified atom stereocenters. The van der Waals surface area contributed by atoms with E-state index >= 15 is 0 Å². The van der Waals surface area contributed by atoms with Crippen molar-refractivity contribution in [1.29, 1.82) is 5.26 Å². The van der Waals surface area contributed by atoms with Gasteiger partial charge >= 0.3 is 0 Å². The molecule has 3 nitrogen and oxygen atoms in total. The first-order valence-corrected chi connectivity index (χ1v) is 7.15. The Balaban J connectivity index is 1.90. The highest BCUT2D eigenvalue weighted by Crippen LogP contribution is 2.21. The summed E-state index contributed by atoms with van der Waals surface area (Å²) >= 11 is 0. The number of nitrogens with zero attached hydrogens (tertiary/aromatic N) is 2. The second-order valence-electron chi connectivity index (χ2n) is 5.26. The number of hydrogen-bond donors (Lipinski definition) is 0. The number of fused-ring (bicyclic) bond motifs is 1. The molecular weight excluding hydrogens is 260 g/mol. The highest BCUT2D eigenvalue weighted by atomic mass is 16.2. The first kappa shape index (κ1) is 13.4. The fraction of sp³-hybridized carbons (Fsp3) is 0.222. The number of carbonyl (C=O) groups is 1. The first-order chi connectivity index (χ1) is 10.3. The van der Waals surface area contributed by atoms with Crippen LogP contribution in [0.25, 0.3) is 0 Å². The zero-order chi connectivity index (χ0) is 14.7. The van der Waals surface area contributed by atoms with Crippen LogP contribution in [-0.2, 0) is 13.0 Å². The summed E-state index contributed by atoms with van der Waals surface area (Å²) in [5, 5.41) is 9.17. The first-order valence-electron chi connectivity index (χ1n) is 7.15. The second kappa shape index (κ2) is 5.80. The predicted molar refractivity (Wildman–Crippen MR) is 80.7 cm³/mol. The van der Waals surface area contributed by atoms with Crippen LogP contribution in [0.5, 0.6) is 0 Å². The van der Waals surface area contributed by atoms with Crippen molar-refractivity contribution >= 4 is 5.91 Å².